The minimum Gasteiger partial charge on any atom is -0.337 e. The van der Waals surface area contributed by atoms with E-state index in [0.717, 1.165) is 5.56 Å². The zero-order chi connectivity index (χ0) is 19.6. The second-order valence-electron chi connectivity index (χ2n) is 6.21. The molecule has 1 aromatic heterocycles. The summed E-state index contributed by atoms with van der Waals surface area (Å²) in [4.78, 5) is 40.6. The molecular formula is C20H18N4O3. The minimum atomic E-state index is -0.708. The number of nitriles is 1. The number of aryl methyl sites for hydroxylation is 1. The lowest BCUT2D eigenvalue weighted by atomic mass is 10.1. The zero-order valence-electron chi connectivity index (χ0n) is 15.0. The van der Waals surface area contributed by atoms with Crippen LogP contribution in [0.1, 0.15) is 28.4 Å². The summed E-state index contributed by atoms with van der Waals surface area (Å²) < 4.78 is 1.38. The van der Waals surface area contributed by atoms with E-state index in [1.54, 1.807) is 61.3 Å². The van der Waals surface area contributed by atoms with Crippen molar-refractivity contribution in [3.8, 4) is 6.07 Å². The molecule has 7 nitrogen and oxygen atoms in total. The summed E-state index contributed by atoms with van der Waals surface area (Å²) in [5, 5.41) is 8.85. The smallest absolute Gasteiger partial charge is 0.316 e. The molecule has 1 amide bonds. The molecule has 0 unspecified atom stereocenters. The van der Waals surface area contributed by atoms with Crippen LogP contribution in [0, 0.1) is 11.3 Å². The van der Waals surface area contributed by atoms with Gasteiger partial charge >= 0.3 is 11.1 Å². The lowest BCUT2D eigenvalue weighted by molar-refractivity contribution is 0.0785. The quantitative estimate of drug-likeness (QED) is 0.716. The Bertz CT molecular complexity index is 1170. The monoisotopic (exact) mass is 362 g/mol. The third-order valence-electron chi connectivity index (χ3n) is 4.39. The van der Waals surface area contributed by atoms with Crippen molar-refractivity contribution in [2.75, 3.05) is 7.05 Å². The van der Waals surface area contributed by atoms with Crippen molar-refractivity contribution in [1.82, 2.24) is 14.5 Å². The van der Waals surface area contributed by atoms with Gasteiger partial charge in [0, 0.05) is 25.7 Å². The molecular weight excluding hydrogens is 344 g/mol. The first-order valence-corrected chi connectivity index (χ1v) is 8.46. The fourth-order valence-corrected chi connectivity index (χ4v) is 2.98. The van der Waals surface area contributed by atoms with Gasteiger partial charge in [0.15, 0.2) is 0 Å². The Labute approximate surface area is 155 Å². The fraction of sp³-hybridized carbons (Fsp3) is 0.200. The average Bonchev–Trinajstić information content (AvgIpc) is 2.68. The molecule has 0 bridgehead atoms. The van der Waals surface area contributed by atoms with E-state index < -0.39 is 11.1 Å². The lowest BCUT2D eigenvalue weighted by Gasteiger charge is -2.18. The molecule has 1 heterocycles. The molecule has 0 atom stereocenters. The van der Waals surface area contributed by atoms with Crippen LogP contribution in [0.2, 0.25) is 0 Å². The van der Waals surface area contributed by atoms with Gasteiger partial charge in [0.2, 0.25) is 0 Å². The molecule has 0 saturated heterocycles. The van der Waals surface area contributed by atoms with Crippen LogP contribution in [0.4, 0.5) is 0 Å². The standard InChI is InChI=1S/C20H18N4O3/c1-3-24-17-9-8-15(10-16(17)22-18(25)20(24)27)19(26)23(2)12-14-6-4-13(11-21)5-7-14/h4-10H,3,12H2,1-2H3,(H,22,25). The van der Waals surface area contributed by atoms with Gasteiger partial charge in [-0.1, -0.05) is 12.1 Å². The molecule has 1 N–H and O–H groups in total. The van der Waals surface area contributed by atoms with E-state index in [0.29, 0.717) is 35.2 Å². The first-order chi connectivity index (χ1) is 12.9. The van der Waals surface area contributed by atoms with Crippen LogP contribution in [0.5, 0.6) is 0 Å². The van der Waals surface area contributed by atoms with Gasteiger partial charge in [0.1, 0.15) is 0 Å². The summed E-state index contributed by atoms with van der Waals surface area (Å²) in [7, 11) is 1.68. The van der Waals surface area contributed by atoms with Crippen molar-refractivity contribution in [1.29, 1.82) is 5.26 Å². The highest BCUT2D eigenvalue weighted by Crippen LogP contribution is 2.15. The molecule has 0 saturated carbocycles. The first kappa shape index (κ1) is 18.1. The highest BCUT2D eigenvalue weighted by atomic mass is 16.2. The second kappa shape index (κ2) is 7.30. The van der Waals surface area contributed by atoms with Crippen LogP contribution in [0.15, 0.2) is 52.1 Å². The molecule has 136 valence electrons. The number of hydrogen-bond acceptors (Lipinski definition) is 4. The van der Waals surface area contributed by atoms with Crippen LogP contribution in [0.25, 0.3) is 11.0 Å². The van der Waals surface area contributed by atoms with E-state index in [1.807, 2.05) is 0 Å². The average molecular weight is 362 g/mol. The maximum absolute atomic E-state index is 12.7. The Morgan fingerprint density at radius 3 is 2.52 bits per heavy atom. The van der Waals surface area contributed by atoms with Gasteiger partial charge in [0.05, 0.1) is 22.7 Å². The fourth-order valence-electron chi connectivity index (χ4n) is 2.98. The van der Waals surface area contributed by atoms with Crippen LogP contribution >= 0.6 is 0 Å². The van der Waals surface area contributed by atoms with Crippen LogP contribution in [-0.4, -0.2) is 27.4 Å². The van der Waals surface area contributed by atoms with Crippen LogP contribution in [0.3, 0.4) is 0 Å². The van der Waals surface area contributed by atoms with Crippen molar-refractivity contribution < 1.29 is 4.79 Å². The zero-order valence-corrected chi connectivity index (χ0v) is 15.0. The number of nitrogens with one attached hydrogen (secondary N) is 1. The summed E-state index contributed by atoms with van der Waals surface area (Å²) in [5.41, 5.74) is 1.58. The molecule has 0 aliphatic heterocycles. The number of hydrogen-bond donors (Lipinski definition) is 1. The molecule has 0 radical (unpaired) electrons. The van der Waals surface area contributed by atoms with Crippen molar-refractivity contribution in [3.05, 3.63) is 79.9 Å². The van der Waals surface area contributed by atoms with Crippen molar-refractivity contribution >= 4 is 16.9 Å². The van der Waals surface area contributed by atoms with E-state index in [9.17, 15) is 14.4 Å². The highest BCUT2D eigenvalue weighted by Gasteiger charge is 2.14. The van der Waals surface area contributed by atoms with Gasteiger partial charge in [-0.25, -0.2) is 0 Å². The number of benzene rings is 2. The Morgan fingerprint density at radius 1 is 1.19 bits per heavy atom. The molecule has 27 heavy (non-hydrogen) atoms. The summed E-state index contributed by atoms with van der Waals surface area (Å²) in [6.07, 6.45) is 0. The third kappa shape index (κ3) is 3.51. The molecule has 3 rings (SSSR count). The van der Waals surface area contributed by atoms with Gasteiger partial charge in [-0.15, -0.1) is 0 Å². The highest BCUT2D eigenvalue weighted by molar-refractivity contribution is 5.97. The molecule has 3 aromatic rings. The Morgan fingerprint density at radius 2 is 1.89 bits per heavy atom. The summed E-state index contributed by atoms with van der Waals surface area (Å²) >= 11 is 0. The van der Waals surface area contributed by atoms with Crippen LogP contribution < -0.4 is 11.1 Å². The van der Waals surface area contributed by atoms with Crippen molar-refractivity contribution in [3.63, 3.8) is 0 Å². The van der Waals surface area contributed by atoms with E-state index in [4.69, 9.17) is 5.26 Å². The first-order valence-electron chi connectivity index (χ1n) is 8.46. The van der Waals surface area contributed by atoms with Gasteiger partial charge in [0.25, 0.3) is 5.91 Å². The largest absolute Gasteiger partial charge is 0.337 e. The van der Waals surface area contributed by atoms with Crippen molar-refractivity contribution in [2.24, 2.45) is 0 Å². The molecule has 2 aromatic carbocycles. The van der Waals surface area contributed by atoms with Gasteiger partial charge in [-0.2, -0.15) is 5.26 Å². The van der Waals surface area contributed by atoms with E-state index >= 15 is 0 Å². The number of amides is 1. The summed E-state index contributed by atoms with van der Waals surface area (Å²) in [6.45, 7) is 2.53. The predicted molar refractivity (Wildman–Crippen MR) is 101 cm³/mol. The number of rotatable bonds is 4. The molecule has 0 fully saturated rings. The van der Waals surface area contributed by atoms with E-state index in [2.05, 4.69) is 11.1 Å². The number of fused-ring (bicyclic) bond motifs is 1. The van der Waals surface area contributed by atoms with Crippen LogP contribution in [-0.2, 0) is 13.1 Å². The number of nitrogens with zero attached hydrogens (tertiary/aromatic N) is 3. The number of H-pyrrole nitrogens is 1. The Hall–Kier alpha value is -3.66. The van der Waals surface area contributed by atoms with Gasteiger partial charge in [-0.05, 0) is 42.8 Å². The number of carbonyl (C=O) groups excluding carboxylic acids is 1. The predicted octanol–water partition coefficient (Wildman–Crippen LogP) is 1.85. The molecule has 0 spiro atoms. The van der Waals surface area contributed by atoms with Gasteiger partial charge < -0.3 is 14.5 Å². The lowest BCUT2D eigenvalue weighted by Crippen LogP contribution is -2.36. The van der Waals surface area contributed by atoms with E-state index in [-0.39, 0.29) is 5.91 Å². The Balaban J connectivity index is 1.90. The molecule has 0 aliphatic rings. The number of aromatic amines is 1. The maximum Gasteiger partial charge on any atom is 0.316 e. The normalized spacial score (nSPS) is 10.6. The Kier molecular flexibility index (Phi) is 4.90. The van der Waals surface area contributed by atoms with E-state index in [1.165, 1.54) is 4.57 Å². The number of carbonyl (C=O) groups is 1. The SMILES string of the molecule is CCn1c(=O)c(=O)[nH]c2cc(C(=O)N(C)Cc3ccc(C#N)cc3)ccc21. The molecule has 7 heteroatoms. The topological polar surface area (TPSA) is 99.0 Å². The second-order valence-corrected chi connectivity index (χ2v) is 6.21. The summed E-state index contributed by atoms with van der Waals surface area (Å²) in [6, 6.07) is 14.0. The molecule has 0 aliphatic carbocycles. The maximum atomic E-state index is 12.7. The summed E-state index contributed by atoms with van der Waals surface area (Å²) in [5.74, 6) is -0.212. The van der Waals surface area contributed by atoms with Gasteiger partial charge in [-0.3, -0.25) is 14.4 Å². The van der Waals surface area contributed by atoms with Crippen molar-refractivity contribution in [2.45, 2.75) is 20.0 Å². The number of aromatic nitrogens is 2. The minimum absolute atomic E-state index is 0.212. The third-order valence-corrected chi connectivity index (χ3v) is 4.39.